The van der Waals surface area contributed by atoms with E-state index in [1.165, 1.54) is 153 Å². The van der Waals surface area contributed by atoms with Gasteiger partial charge in [-0.05, 0) is 36.3 Å². The van der Waals surface area contributed by atoms with Crippen molar-refractivity contribution in [3.8, 4) is 0 Å². The monoisotopic (exact) mass is 551 g/mol. The summed E-state index contributed by atoms with van der Waals surface area (Å²) in [5.74, 6) is 0.696. The molecule has 0 aliphatic carbocycles. The van der Waals surface area contributed by atoms with Crippen LogP contribution in [-0.2, 0) is 0 Å². The Hall–Kier alpha value is -1.57. The predicted molar refractivity (Wildman–Crippen MR) is 177 cm³/mol. The van der Waals surface area contributed by atoms with Crippen LogP contribution < -0.4 is 0 Å². The SMILES string of the molecule is CCCCCCCCCCCCCCCCCC[C@H](CCCCCCC)c1ccccc1C(CC)n1ccnc1. The average molecular weight is 551 g/mol. The van der Waals surface area contributed by atoms with Crippen LogP contribution in [0.5, 0.6) is 0 Å². The summed E-state index contributed by atoms with van der Waals surface area (Å²) in [6.45, 7) is 6.94. The van der Waals surface area contributed by atoms with Gasteiger partial charge in [-0.3, -0.25) is 0 Å². The molecule has 0 N–H and O–H groups in total. The summed E-state index contributed by atoms with van der Waals surface area (Å²) in [4.78, 5) is 4.36. The molecule has 0 fully saturated rings. The van der Waals surface area contributed by atoms with E-state index in [1.807, 2.05) is 12.5 Å². The molecule has 2 atom stereocenters. The van der Waals surface area contributed by atoms with E-state index in [2.05, 4.69) is 60.8 Å². The normalized spacial score (nSPS) is 13.1. The maximum atomic E-state index is 4.36. The molecule has 1 unspecified atom stereocenters. The Morgan fingerprint density at radius 3 is 1.38 bits per heavy atom. The molecule has 1 aromatic heterocycles. The number of imidazole rings is 1. The number of nitrogens with zero attached hydrogens (tertiary/aromatic N) is 2. The molecule has 2 rings (SSSR count). The fourth-order valence-electron chi connectivity index (χ4n) is 6.62. The van der Waals surface area contributed by atoms with E-state index in [0.29, 0.717) is 12.0 Å². The number of hydrogen-bond donors (Lipinski definition) is 0. The second kappa shape index (κ2) is 24.1. The third-order valence-corrected chi connectivity index (χ3v) is 9.13. The quantitative estimate of drug-likeness (QED) is 0.101. The molecule has 1 aromatic carbocycles. The number of rotatable bonds is 27. The van der Waals surface area contributed by atoms with Crippen LogP contribution in [0.15, 0.2) is 43.0 Å². The number of benzene rings is 1. The van der Waals surface area contributed by atoms with Crippen molar-refractivity contribution in [2.24, 2.45) is 0 Å². The average Bonchev–Trinajstić information content (AvgIpc) is 3.51. The minimum atomic E-state index is 0.395. The molecule has 0 spiro atoms. The summed E-state index contributed by atoms with van der Waals surface area (Å²) in [7, 11) is 0. The summed E-state index contributed by atoms with van der Waals surface area (Å²) < 4.78 is 2.31. The molecule has 0 radical (unpaired) electrons. The summed E-state index contributed by atoms with van der Waals surface area (Å²) in [5.41, 5.74) is 3.14. The summed E-state index contributed by atoms with van der Waals surface area (Å²) in [5, 5.41) is 0. The van der Waals surface area contributed by atoms with Crippen LogP contribution in [0.4, 0.5) is 0 Å². The largest absolute Gasteiger partial charge is 0.330 e. The van der Waals surface area contributed by atoms with Gasteiger partial charge in [-0.25, -0.2) is 4.98 Å². The van der Waals surface area contributed by atoms with Gasteiger partial charge in [-0.15, -0.1) is 0 Å². The van der Waals surface area contributed by atoms with Crippen LogP contribution in [0.25, 0.3) is 0 Å². The molecule has 0 saturated carbocycles. The Morgan fingerprint density at radius 1 is 0.550 bits per heavy atom. The fourth-order valence-corrected chi connectivity index (χ4v) is 6.62. The molecule has 0 aliphatic heterocycles. The third kappa shape index (κ3) is 14.9. The molecular weight excluding hydrogens is 484 g/mol. The van der Waals surface area contributed by atoms with Gasteiger partial charge in [-0.2, -0.15) is 0 Å². The zero-order chi connectivity index (χ0) is 28.5. The van der Waals surface area contributed by atoms with Crippen LogP contribution in [0.3, 0.4) is 0 Å². The van der Waals surface area contributed by atoms with Crippen molar-refractivity contribution in [3.05, 3.63) is 54.1 Å². The molecule has 228 valence electrons. The fraction of sp³-hybridized carbons (Fsp3) is 0.763. The van der Waals surface area contributed by atoms with E-state index in [4.69, 9.17) is 0 Å². The molecule has 0 amide bonds. The summed E-state index contributed by atoms with van der Waals surface area (Å²) in [6, 6.07) is 9.74. The minimum Gasteiger partial charge on any atom is -0.330 e. The van der Waals surface area contributed by atoms with Gasteiger partial charge in [0.2, 0.25) is 0 Å². The Balaban J connectivity index is 1.70. The first-order valence-corrected chi connectivity index (χ1v) is 17.9. The highest BCUT2D eigenvalue weighted by Gasteiger charge is 2.20. The van der Waals surface area contributed by atoms with Crippen LogP contribution in [0, 0.1) is 0 Å². The van der Waals surface area contributed by atoms with E-state index in [9.17, 15) is 0 Å². The van der Waals surface area contributed by atoms with Gasteiger partial charge in [0, 0.05) is 12.4 Å². The first-order valence-electron chi connectivity index (χ1n) is 17.9. The molecule has 2 heteroatoms. The van der Waals surface area contributed by atoms with Gasteiger partial charge in [0.05, 0.1) is 12.4 Å². The number of aromatic nitrogens is 2. The van der Waals surface area contributed by atoms with Crippen molar-refractivity contribution in [3.63, 3.8) is 0 Å². The van der Waals surface area contributed by atoms with Gasteiger partial charge in [-0.1, -0.05) is 180 Å². The van der Waals surface area contributed by atoms with Crippen LogP contribution in [0.2, 0.25) is 0 Å². The summed E-state index contributed by atoms with van der Waals surface area (Å²) >= 11 is 0. The minimum absolute atomic E-state index is 0.395. The second-order valence-corrected chi connectivity index (χ2v) is 12.6. The lowest BCUT2D eigenvalue weighted by atomic mass is 9.83. The van der Waals surface area contributed by atoms with Crippen molar-refractivity contribution in [2.45, 2.75) is 187 Å². The first kappa shape index (κ1) is 34.6. The highest BCUT2D eigenvalue weighted by Crippen LogP contribution is 2.35. The van der Waals surface area contributed by atoms with E-state index >= 15 is 0 Å². The topological polar surface area (TPSA) is 17.8 Å². The van der Waals surface area contributed by atoms with Crippen molar-refractivity contribution >= 4 is 0 Å². The maximum absolute atomic E-state index is 4.36. The lowest BCUT2D eigenvalue weighted by Gasteiger charge is -2.26. The lowest BCUT2D eigenvalue weighted by molar-refractivity contribution is 0.474. The van der Waals surface area contributed by atoms with E-state index in [-0.39, 0.29) is 0 Å². The number of hydrogen-bond acceptors (Lipinski definition) is 1. The van der Waals surface area contributed by atoms with Gasteiger partial charge < -0.3 is 4.57 Å². The highest BCUT2D eigenvalue weighted by atomic mass is 15.0. The summed E-state index contributed by atoms with van der Waals surface area (Å²) in [6.07, 6.45) is 39.8. The Bertz CT molecular complexity index is 796. The van der Waals surface area contributed by atoms with Gasteiger partial charge in [0.1, 0.15) is 0 Å². The zero-order valence-electron chi connectivity index (χ0n) is 27.1. The van der Waals surface area contributed by atoms with Crippen LogP contribution in [0.1, 0.15) is 198 Å². The highest BCUT2D eigenvalue weighted by molar-refractivity contribution is 5.33. The molecule has 40 heavy (non-hydrogen) atoms. The van der Waals surface area contributed by atoms with Crippen molar-refractivity contribution in [1.29, 1.82) is 0 Å². The molecule has 0 aliphatic rings. The van der Waals surface area contributed by atoms with E-state index < -0.39 is 0 Å². The molecule has 0 saturated heterocycles. The molecule has 0 bridgehead atoms. The van der Waals surface area contributed by atoms with Crippen molar-refractivity contribution in [2.75, 3.05) is 0 Å². The Kier molecular flexibility index (Phi) is 20.8. The lowest BCUT2D eigenvalue weighted by Crippen LogP contribution is -2.13. The van der Waals surface area contributed by atoms with Gasteiger partial charge >= 0.3 is 0 Å². The molecule has 2 nitrogen and oxygen atoms in total. The van der Waals surface area contributed by atoms with E-state index in [0.717, 1.165) is 6.42 Å². The second-order valence-electron chi connectivity index (χ2n) is 12.6. The molecular formula is C38H66N2. The van der Waals surface area contributed by atoms with E-state index in [1.54, 1.807) is 5.56 Å². The maximum Gasteiger partial charge on any atom is 0.0951 e. The predicted octanol–water partition coefficient (Wildman–Crippen LogP) is 13.0. The molecule has 1 heterocycles. The standard InChI is InChI=1S/C38H66N2/c1-4-7-9-11-12-13-14-15-16-17-18-19-20-21-23-25-29-35(28-24-22-10-8-5-2)36-30-26-27-31-37(36)38(6-3)40-33-32-39-34-40/h26-27,30-35,38H,4-25,28-29H2,1-3H3/t35-,38?/m0/s1. The third-order valence-electron chi connectivity index (χ3n) is 9.13. The Morgan fingerprint density at radius 2 is 0.975 bits per heavy atom. The Labute approximate surface area is 250 Å². The van der Waals surface area contributed by atoms with Gasteiger partial charge in [0.25, 0.3) is 0 Å². The van der Waals surface area contributed by atoms with Crippen LogP contribution >= 0.6 is 0 Å². The van der Waals surface area contributed by atoms with Gasteiger partial charge in [0.15, 0.2) is 0 Å². The smallest absolute Gasteiger partial charge is 0.0951 e. The van der Waals surface area contributed by atoms with Crippen molar-refractivity contribution < 1.29 is 0 Å². The number of unbranched alkanes of at least 4 members (excludes halogenated alkanes) is 19. The molecule has 2 aromatic rings. The van der Waals surface area contributed by atoms with Crippen LogP contribution in [-0.4, -0.2) is 9.55 Å². The first-order chi connectivity index (χ1) is 19.8. The zero-order valence-corrected chi connectivity index (χ0v) is 27.1. The van der Waals surface area contributed by atoms with Crippen molar-refractivity contribution in [1.82, 2.24) is 9.55 Å².